The van der Waals surface area contributed by atoms with Crippen LogP contribution in [-0.4, -0.2) is 72.7 Å². The van der Waals surface area contributed by atoms with Crippen LogP contribution in [0, 0.1) is 0 Å². The fourth-order valence-corrected chi connectivity index (χ4v) is 6.96. The third kappa shape index (κ3) is 7.83. The number of likely N-dealkylation sites (tertiary alicyclic amines) is 1. The van der Waals surface area contributed by atoms with Gasteiger partial charge in [0.25, 0.3) is 0 Å². The molecule has 0 radical (unpaired) electrons. The fourth-order valence-electron chi connectivity index (χ4n) is 6.31. The van der Waals surface area contributed by atoms with Crippen LogP contribution in [0.1, 0.15) is 37.3 Å². The number of pyridine rings is 2. The van der Waals surface area contributed by atoms with Gasteiger partial charge in [0.2, 0.25) is 11.8 Å². The lowest BCUT2D eigenvalue weighted by Crippen LogP contribution is -2.44. The number of piperidine rings is 1. The number of methoxy groups -OCH3 is 2. The lowest BCUT2D eigenvalue weighted by Gasteiger charge is -2.31. The van der Waals surface area contributed by atoms with Crippen molar-refractivity contribution in [2.75, 3.05) is 33.9 Å². The highest BCUT2D eigenvalue weighted by Crippen LogP contribution is 2.42. The summed E-state index contributed by atoms with van der Waals surface area (Å²) in [5.41, 5.74) is 6.17. The molecule has 4 heterocycles. The lowest BCUT2D eigenvalue weighted by atomic mass is 9.99. The molecule has 2 N–H and O–H groups in total. The number of benzene rings is 2. The molecule has 49 heavy (non-hydrogen) atoms. The van der Waals surface area contributed by atoms with Crippen LogP contribution in [-0.2, 0) is 27.4 Å². The van der Waals surface area contributed by atoms with Gasteiger partial charge in [0, 0.05) is 78.7 Å². The highest BCUT2D eigenvalue weighted by molar-refractivity contribution is 6.39. The number of esters is 1. The number of aromatic nitrogens is 2. The molecule has 1 amide bonds. The normalized spacial score (nSPS) is 16.5. The topological polar surface area (TPSA) is 115 Å². The van der Waals surface area contributed by atoms with Gasteiger partial charge < -0.3 is 29.7 Å². The van der Waals surface area contributed by atoms with E-state index in [2.05, 4.69) is 15.6 Å². The first-order valence-corrected chi connectivity index (χ1v) is 17.0. The van der Waals surface area contributed by atoms with Gasteiger partial charge in [-0.05, 0) is 31.0 Å². The first-order valence-electron chi connectivity index (χ1n) is 16.3. The van der Waals surface area contributed by atoms with E-state index in [9.17, 15) is 9.59 Å². The number of carbonyl (C=O) groups is 2. The number of nitrogens with one attached hydrogen (secondary N) is 2. The molecule has 2 aromatic carbocycles. The Kier molecular flexibility index (Phi) is 11.0. The van der Waals surface area contributed by atoms with Crippen LogP contribution >= 0.6 is 23.2 Å². The van der Waals surface area contributed by atoms with Crippen LogP contribution in [0.25, 0.3) is 33.6 Å². The molecule has 2 aliphatic rings. The summed E-state index contributed by atoms with van der Waals surface area (Å²) < 4.78 is 16.5. The second kappa shape index (κ2) is 15.6. The van der Waals surface area contributed by atoms with Crippen LogP contribution in [0.5, 0.6) is 11.6 Å². The summed E-state index contributed by atoms with van der Waals surface area (Å²) in [5, 5.41) is 7.91. The van der Waals surface area contributed by atoms with E-state index in [1.165, 1.54) is 0 Å². The standard InChI is InChI=1S/C37H39Cl2N5O5/c1-22(45)44-15-12-26(13-16-44)41-20-25-9-10-31(43-37(25)48-3)30-6-4-5-28(34(30)38)29-11-14-40-36(35(29)39)23-7-8-24(32(17-23)47-2)19-42-27-18-33(46)49-21-27/h4-11,14,17,26-27,41-42H,12-13,15-16,18-21H2,1-3H3. The predicted octanol–water partition coefficient (Wildman–Crippen LogP) is 6.31. The number of hydrogen-bond donors (Lipinski definition) is 2. The average Bonchev–Trinajstić information content (AvgIpc) is 3.55. The van der Waals surface area contributed by atoms with Gasteiger partial charge in [-0.2, -0.15) is 0 Å². The van der Waals surface area contributed by atoms with E-state index in [1.807, 2.05) is 59.5 Å². The highest BCUT2D eigenvalue weighted by Gasteiger charge is 2.24. The largest absolute Gasteiger partial charge is 0.496 e. The van der Waals surface area contributed by atoms with Gasteiger partial charge in [-0.3, -0.25) is 14.6 Å². The third-order valence-corrected chi connectivity index (χ3v) is 9.90. The van der Waals surface area contributed by atoms with Gasteiger partial charge in [0.1, 0.15) is 12.4 Å². The number of amides is 1. The van der Waals surface area contributed by atoms with E-state index in [4.69, 9.17) is 42.4 Å². The zero-order chi connectivity index (χ0) is 34.5. The molecule has 2 aliphatic heterocycles. The maximum absolute atomic E-state index is 11.7. The van der Waals surface area contributed by atoms with Gasteiger partial charge in [-0.25, -0.2) is 4.98 Å². The van der Waals surface area contributed by atoms with Crippen molar-refractivity contribution in [2.24, 2.45) is 0 Å². The van der Waals surface area contributed by atoms with Crippen molar-refractivity contribution in [2.45, 2.75) is 51.4 Å². The average molecular weight is 705 g/mol. The van der Waals surface area contributed by atoms with E-state index in [-0.39, 0.29) is 17.9 Å². The van der Waals surface area contributed by atoms with Gasteiger partial charge >= 0.3 is 5.97 Å². The molecule has 0 spiro atoms. The number of hydrogen-bond acceptors (Lipinski definition) is 9. The summed E-state index contributed by atoms with van der Waals surface area (Å²) in [6.07, 6.45) is 3.89. The maximum Gasteiger partial charge on any atom is 0.307 e. The molecule has 0 bridgehead atoms. The van der Waals surface area contributed by atoms with Gasteiger partial charge in [0.05, 0.1) is 48.1 Å². The van der Waals surface area contributed by atoms with Crippen molar-refractivity contribution in [1.29, 1.82) is 0 Å². The molecule has 6 rings (SSSR count). The molecule has 1 atom stereocenters. The Hall–Kier alpha value is -4.22. The van der Waals surface area contributed by atoms with Crippen LogP contribution in [0.3, 0.4) is 0 Å². The summed E-state index contributed by atoms with van der Waals surface area (Å²) in [6.45, 7) is 4.63. The van der Waals surface area contributed by atoms with Gasteiger partial charge in [-0.1, -0.05) is 59.6 Å². The lowest BCUT2D eigenvalue weighted by molar-refractivity contribution is -0.138. The molecule has 2 fully saturated rings. The highest BCUT2D eigenvalue weighted by atomic mass is 35.5. The van der Waals surface area contributed by atoms with E-state index < -0.39 is 0 Å². The molecule has 12 heteroatoms. The Morgan fingerprint density at radius 1 is 0.918 bits per heavy atom. The smallest absolute Gasteiger partial charge is 0.307 e. The molecule has 1 unspecified atom stereocenters. The third-order valence-electron chi connectivity index (χ3n) is 9.11. The second-order valence-corrected chi connectivity index (χ2v) is 13.0. The summed E-state index contributed by atoms with van der Waals surface area (Å²) in [4.78, 5) is 34.5. The Balaban J connectivity index is 1.21. The van der Waals surface area contributed by atoms with Crippen molar-refractivity contribution in [3.05, 3.63) is 82.0 Å². The molecule has 256 valence electrons. The van der Waals surface area contributed by atoms with Crippen molar-refractivity contribution in [3.8, 4) is 45.3 Å². The summed E-state index contributed by atoms with van der Waals surface area (Å²) in [6, 6.07) is 17.7. The van der Waals surface area contributed by atoms with Crippen LogP contribution < -0.4 is 20.1 Å². The minimum Gasteiger partial charge on any atom is -0.496 e. The summed E-state index contributed by atoms with van der Waals surface area (Å²) >= 11 is 14.1. The summed E-state index contributed by atoms with van der Waals surface area (Å²) in [7, 11) is 3.23. The molecule has 10 nitrogen and oxygen atoms in total. The van der Waals surface area contributed by atoms with E-state index >= 15 is 0 Å². The minimum atomic E-state index is -0.191. The second-order valence-electron chi connectivity index (χ2n) is 12.2. The van der Waals surface area contributed by atoms with Gasteiger partial charge in [0.15, 0.2) is 0 Å². The molecular formula is C37H39Cl2N5O5. The van der Waals surface area contributed by atoms with E-state index in [0.717, 1.165) is 59.3 Å². The molecule has 0 saturated carbocycles. The number of nitrogens with zero attached hydrogens (tertiary/aromatic N) is 3. The zero-order valence-electron chi connectivity index (χ0n) is 27.7. The number of cyclic esters (lactones) is 1. The fraction of sp³-hybridized carbons (Fsp3) is 0.351. The number of ether oxygens (including phenoxy) is 3. The van der Waals surface area contributed by atoms with Crippen LogP contribution in [0.4, 0.5) is 0 Å². The van der Waals surface area contributed by atoms with E-state index in [1.54, 1.807) is 27.3 Å². The van der Waals surface area contributed by atoms with Gasteiger partial charge in [-0.15, -0.1) is 0 Å². The van der Waals surface area contributed by atoms with Crippen molar-refractivity contribution >= 4 is 35.1 Å². The molecular weight excluding hydrogens is 665 g/mol. The number of halogens is 2. The van der Waals surface area contributed by atoms with E-state index in [0.29, 0.717) is 65.2 Å². The monoisotopic (exact) mass is 703 g/mol. The molecule has 2 aromatic heterocycles. The zero-order valence-corrected chi connectivity index (χ0v) is 29.2. The first kappa shape index (κ1) is 34.6. The SMILES string of the molecule is COc1cc(-c2nccc(-c3cccc(-c4ccc(CNC5CCN(C(C)=O)CC5)c(OC)n4)c3Cl)c2Cl)ccc1CNC1COC(=O)C1. The van der Waals surface area contributed by atoms with Crippen molar-refractivity contribution in [3.63, 3.8) is 0 Å². The first-order chi connectivity index (χ1) is 23.7. The van der Waals surface area contributed by atoms with Crippen LogP contribution in [0.2, 0.25) is 10.0 Å². The molecule has 2 saturated heterocycles. The van der Waals surface area contributed by atoms with Crippen molar-refractivity contribution < 1.29 is 23.8 Å². The predicted molar refractivity (Wildman–Crippen MR) is 190 cm³/mol. The Bertz CT molecular complexity index is 1850. The Labute approximate surface area is 296 Å². The summed E-state index contributed by atoms with van der Waals surface area (Å²) in [5.74, 6) is 1.13. The number of carbonyl (C=O) groups excluding carboxylic acids is 2. The van der Waals surface area contributed by atoms with Crippen LogP contribution in [0.15, 0.2) is 60.8 Å². The van der Waals surface area contributed by atoms with Crippen molar-refractivity contribution in [1.82, 2.24) is 25.5 Å². The number of rotatable bonds is 11. The molecule has 0 aliphatic carbocycles. The minimum absolute atomic E-state index is 0.0231. The molecule has 4 aromatic rings. The quantitative estimate of drug-likeness (QED) is 0.174. The maximum atomic E-state index is 11.7. The Morgan fingerprint density at radius 3 is 2.35 bits per heavy atom. The Morgan fingerprint density at radius 2 is 1.63 bits per heavy atom.